The van der Waals surface area contributed by atoms with Crippen LogP contribution in [0.15, 0.2) is 0 Å². The largest absolute Gasteiger partial charge is 0.347 e. The number of nitrogens with one attached hydrogen (secondary N) is 1. The summed E-state index contributed by atoms with van der Waals surface area (Å²) in [6.07, 6.45) is 7.19. The van der Waals surface area contributed by atoms with E-state index < -0.39 is 0 Å². The highest BCUT2D eigenvalue weighted by molar-refractivity contribution is 7.98. The summed E-state index contributed by atoms with van der Waals surface area (Å²) in [5.41, 5.74) is 0. The second-order valence-corrected chi connectivity index (χ2v) is 5.30. The number of nitrogens with zero attached hydrogens (tertiary/aromatic N) is 1. The lowest BCUT2D eigenvalue weighted by Gasteiger charge is -2.17. The van der Waals surface area contributed by atoms with E-state index in [4.69, 9.17) is 0 Å². The van der Waals surface area contributed by atoms with Crippen LogP contribution in [-0.4, -0.2) is 49.5 Å². The van der Waals surface area contributed by atoms with Crippen molar-refractivity contribution in [1.29, 1.82) is 0 Å². The first-order valence-electron chi connectivity index (χ1n) is 6.03. The Balaban J connectivity index is 3.34. The quantitative estimate of drug-likeness (QED) is 0.631. The van der Waals surface area contributed by atoms with Crippen molar-refractivity contribution in [3.8, 4) is 0 Å². The smallest absolute Gasteiger partial charge is 0.238 e. The van der Waals surface area contributed by atoms with Gasteiger partial charge in [-0.3, -0.25) is 4.79 Å². The maximum absolute atomic E-state index is 11.5. The molecular formula is C12H26N2OS. The number of rotatable bonds is 9. The van der Waals surface area contributed by atoms with E-state index in [1.54, 1.807) is 19.0 Å². The van der Waals surface area contributed by atoms with E-state index in [1.807, 2.05) is 18.7 Å². The summed E-state index contributed by atoms with van der Waals surface area (Å²) in [6.45, 7) is 2.87. The Labute approximate surface area is 104 Å². The van der Waals surface area contributed by atoms with Crippen molar-refractivity contribution in [2.24, 2.45) is 0 Å². The van der Waals surface area contributed by atoms with Crippen molar-refractivity contribution in [3.05, 3.63) is 0 Å². The van der Waals surface area contributed by atoms with Gasteiger partial charge in [0.15, 0.2) is 0 Å². The van der Waals surface area contributed by atoms with Gasteiger partial charge < -0.3 is 10.2 Å². The molecule has 0 spiro atoms. The molecule has 0 bridgehead atoms. The number of hydrogen-bond acceptors (Lipinski definition) is 3. The lowest BCUT2D eigenvalue weighted by atomic mass is 10.2. The SMILES string of the molecule is CSCCCCCCNC(C)C(=O)N(C)C. The standard InChI is InChI=1S/C12H26N2OS/c1-11(12(15)14(2)3)13-9-7-5-6-8-10-16-4/h11,13H,5-10H2,1-4H3. The van der Waals surface area contributed by atoms with E-state index in [1.165, 1.54) is 31.4 Å². The molecule has 1 amide bonds. The molecule has 0 rings (SSSR count). The van der Waals surface area contributed by atoms with Crippen molar-refractivity contribution in [1.82, 2.24) is 10.2 Å². The summed E-state index contributed by atoms with van der Waals surface area (Å²) >= 11 is 1.91. The number of likely N-dealkylation sites (N-methyl/N-ethyl adjacent to an activating group) is 1. The van der Waals surface area contributed by atoms with E-state index in [9.17, 15) is 4.79 Å². The van der Waals surface area contributed by atoms with Gasteiger partial charge in [0, 0.05) is 14.1 Å². The Morgan fingerprint density at radius 2 is 1.88 bits per heavy atom. The van der Waals surface area contributed by atoms with Crippen molar-refractivity contribution < 1.29 is 4.79 Å². The van der Waals surface area contributed by atoms with Gasteiger partial charge in [-0.2, -0.15) is 11.8 Å². The first-order chi connectivity index (χ1) is 7.59. The molecule has 96 valence electrons. The lowest BCUT2D eigenvalue weighted by Crippen LogP contribution is -2.41. The van der Waals surface area contributed by atoms with Crippen LogP contribution in [0.4, 0.5) is 0 Å². The van der Waals surface area contributed by atoms with Crippen LogP contribution in [0, 0.1) is 0 Å². The summed E-state index contributed by atoms with van der Waals surface area (Å²) in [5, 5.41) is 3.26. The molecule has 1 atom stereocenters. The minimum absolute atomic E-state index is 0.0544. The molecule has 1 N–H and O–H groups in total. The third-order valence-corrected chi connectivity index (χ3v) is 3.23. The fraction of sp³-hybridized carbons (Fsp3) is 0.917. The Morgan fingerprint density at radius 3 is 2.44 bits per heavy atom. The molecular weight excluding hydrogens is 220 g/mol. The van der Waals surface area contributed by atoms with Crippen molar-refractivity contribution in [3.63, 3.8) is 0 Å². The first-order valence-corrected chi connectivity index (χ1v) is 7.42. The molecule has 16 heavy (non-hydrogen) atoms. The van der Waals surface area contributed by atoms with Gasteiger partial charge in [0.2, 0.25) is 5.91 Å². The maximum Gasteiger partial charge on any atom is 0.238 e. The predicted octanol–water partition coefficient (Wildman–Crippen LogP) is 1.98. The minimum Gasteiger partial charge on any atom is -0.347 e. The molecule has 0 aromatic carbocycles. The van der Waals surface area contributed by atoms with Crippen LogP contribution in [-0.2, 0) is 4.79 Å². The Hall–Kier alpha value is -0.220. The normalized spacial score (nSPS) is 12.5. The fourth-order valence-electron chi connectivity index (χ4n) is 1.52. The molecule has 0 saturated carbocycles. The van der Waals surface area contributed by atoms with Crippen LogP contribution < -0.4 is 5.32 Å². The Bertz CT molecular complexity index is 186. The topological polar surface area (TPSA) is 32.3 Å². The predicted molar refractivity (Wildman–Crippen MR) is 73.0 cm³/mol. The molecule has 0 heterocycles. The van der Waals surface area contributed by atoms with E-state index in [0.717, 1.165) is 6.54 Å². The van der Waals surface area contributed by atoms with Crippen LogP contribution >= 0.6 is 11.8 Å². The molecule has 0 radical (unpaired) electrons. The number of hydrogen-bond donors (Lipinski definition) is 1. The average Bonchev–Trinajstić information content (AvgIpc) is 2.26. The van der Waals surface area contributed by atoms with E-state index in [0.29, 0.717) is 0 Å². The fourth-order valence-corrected chi connectivity index (χ4v) is 2.01. The molecule has 1 unspecified atom stereocenters. The molecule has 0 saturated heterocycles. The van der Waals surface area contributed by atoms with E-state index in [2.05, 4.69) is 11.6 Å². The van der Waals surface area contributed by atoms with Gasteiger partial charge in [0.1, 0.15) is 0 Å². The highest BCUT2D eigenvalue weighted by atomic mass is 32.2. The summed E-state index contributed by atoms with van der Waals surface area (Å²) in [5.74, 6) is 1.42. The van der Waals surface area contributed by atoms with E-state index in [-0.39, 0.29) is 11.9 Å². The zero-order chi connectivity index (χ0) is 12.4. The van der Waals surface area contributed by atoms with Crippen molar-refractivity contribution in [2.45, 2.75) is 38.6 Å². The van der Waals surface area contributed by atoms with E-state index >= 15 is 0 Å². The number of unbranched alkanes of at least 4 members (excludes halogenated alkanes) is 3. The number of carbonyl (C=O) groups is 1. The second-order valence-electron chi connectivity index (χ2n) is 4.32. The number of amides is 1. The lowest BCUT2D eigenvalue weighted by molar-refractivity contribution is -0.130. The van der Waals surface area contributed by atoms with Gasteiger partial charge in [0.25, 0.3) is 0 Å². The monoisotopic (exact) mass is 246 g/mol. The van der Waals surface area contributed by atoms with Gasteiger partial charge in [-0.1, -0.05) is 12.8 Å². The van der Waals surface area contributed by atoms with Crippen LogP contribution in [0.25, 0.3) is 0 Å². The Kier molecular flexibility index (Phi) is 9.83. The third kappa shape index (κ3) is 7.99. The second kappa shape index (κ2) is 9.97. The number of thioether (sulfide) groups is 1. The molecule has 0 aliphatic carbocycles. The molecule has 3 nitrogen and oxygen atoms in total. The van der Waals surface area contributed by atoms with Gasteiger partial charge in [0.05, 0.1) is 6.04 Å². The molecule has 0 aromatic heterocycles. The van der Waals surface area contributed by atoms with Crippen molar-refractivity contribution >= 4 is 17.7 Å². The number of carbonyl (C=O) groups excluding carboxylic acids is 1. The molecule has 4 heteroatoms. The minimum atomic E-state index is -0.0544. The summed E-state index contributed by atoms with van der Waals surface area (Å²) in [7, 11) is 3.59. The Morgan fingerprint density at radius 1 is 1.25 bits per heavy atom. The van der Waals surface area contributed by atoms with Gasteiger partial charge >= 0.3 is 0 Å². The van der Waals surface area contributed by atoms with Crippen LogP contribution in [0.2, 0.25) is 0 Å². The van der Waals surface area contributed by atoms with Crippen LogP contribution in [0.3, 0.4) is 0 Å². The molecule has 0 fully saturated rings. The molecule has 0 aliphatic heterocycles. The third-order valence-electron chi connectivity index (χ3n) is 2.54. The van der Waals surface area contributed by atoms with Gasteiger partial charge in [-0.25, -0.2) is 0 Å². The van der Waals surface area contributed by atoms with Gasteiger partial charge in [-0.05, 0) is 38.3 Å². The highest BCUT2D eigenvalue weighted by Crippen LogP contribution is 2.04. The van der Waals surface area contributed by atoms with Crippen LogP contribution in [0.5, 0.6) is 0 Å². The summed E-state index contributed by atoms with van der Waals surface area (Å²) in [6, 6.07) is -0.0544. The van der Waals surface area contributed by atoms with Crippen LogP contribution in [0.1, 0.15) is 32.6 Å². The maximum atomic E-state index is 11.5. The zero-order valence-electron chi connectivity index (χ0n) is 11.1. The first kappa shape index (κ1) is 15.8. The van der Waals surface area contributed by atoms with Crippen molar-refractivity contribution in [2.75, 3.05) is 32.6 Å². The average molecular weight is 246 g/mol. The molecule has 0 aliphatic rings. The zero-order valence-corrected chi connectivity index (χ0v) is 11.9. The van der Waals surface area contributed by atoms with Gasteiger partial charge in [-0.15, -0.1) is 0 Å². The summed E-state index contributed by atoms with van der Waals surface area (Å²) < 4.78 is 0. The molecule has 0 aromatic rings. The summed E-state index contributed by atoms with van der Waals surface area (Å²) in [4.78, 5) is 13.1. The highest BCUT2D eigenvalue weighted by Gasteiger charge is 2.12.